The molecule has 15 heavy (non-hydrogen) atoms. The van der Waals surface area contributed by atoms with Gasteiger partial charge in [-0.2, -0.15) is 0 Å². The lowest BCUT2D eigenvalue weighted by Crippen LogP contribution is -2.19. The summed E-state index contributed by atoms with van der Waals surface area (Å²) in [4.78, 5) is 14.1. The van der Waals surface area contributed by atoms with Crippen molar-refractivity contribution in [1.29, 1.82) is 0 Å². The molecule has 0 saturated carbocycles. The Hall–Kier alpha value is -0.860. The molecule has 0 saturated heterocycles. The van der Waals surface area contributed by atoms with E-state index in [0.717, 1.165) is 0 Å². The summed E-state index contributed by atoms with van der Waals surface area (Å²) in [5.74, 6) is -0.707. The average molecular weight is 331 g/mol. The molecule has 0 N–H and O–H groups in total. The molecule has 1 aromatic heterocycles. The molecule has 0 aliphatic carbocycles. The Kier molecular flexibility index (Phi) is 3.53. The predicted octanol–water partition coefficient (Wildman–Crippen LogP) is 2.71. The van der Waals surface area contributed by atoms with Gasteiger partial charge in [0.15, 0.2) is 6.29 Å². The second kappa shape index (κ2) is 4.33. The van der Waals surface area contributed by atoms with E-state index < -0.39 is 12.2 Å². The lowest BCUT2D eigenvalue weighted by molar-refractivity contribution is -0.276. The van der Waals surface area contributed by atoms with Crippen molar-refractivity contribution >= 4 is 28.9 Å². The second-order valence-corrected chi connectivity index (χ2v) is 3.75. The minimum absolute atomic E-state index is 0.187. The van der Waals surface area contributed by atoms with Crippen LogP contribution in [0.5, 0.6) is 5.88 Å². The molecule has 3 nitrogen and oxygen atoms in total. The number of ether oxygens (including phenoxy) is 1. The van der Waals surface area contributed by atoms with E-state index in [-0.39, 0.29) is 5.56 Å². The first-order chi connectivity index (χ1) is 6.83. The second-order valence-electron chi connectivity index (χ2n) is 2.65. The zero-order valence-electron chi connectivity index (χ0n) is 7.43. The zero-order chi connectivity index (χ0) is 11.6. The fourth-order valence-electron chi connectivity index (χ4n) is 0.945. The van der Waals surface area contributed by atoms with Gasteiger partial charge < -0.3 is 4.74 Å². The number of aromatic nitrogens is 1. The fraction of sp³-hybridized carbons (Fsp3) is 0.250. The highest BCUT2D eigenvalue weighted by Gasteiger charge is 2.33. The largest absolute Gasteiger partial charge is 0.574 e. The van der Waals surface area contributed by atoms with Gasteiger partial charge in [0.1, 0.15) is 3.70 Å². The minimum Gasteiger partial charge on any atom is -0.387 e. The van der Waals surface area contributed by atoms with Crippen LogP contribution < -0.4 is 4.74 Å². The molecule has 0 aromatic carbocycles. The SMILES string of the molecule is Cc1cc(I)nc(OC(F)(F)F)c1C=O. The van der Waals surface area contributed by atoms with Gasteiger partial charge in [-0.05, 0) is 41.1 Å². The van der Waals surface area contributed by atoms with Gasteiger partial charge in [0.2, 0.25) is 5.88 Å². The number of pyridine rings is 1. The monoisotopic (exact) mass is 331 g/mol. The van der Waals surface area contributed by atoms with Crippen LogP contribution in [0.15, 0.2) is 6.07 Å². The lowest BCUT2D eigenvalue weighted by atomic mass is 10.2. The molecule has 0 unspecified atom stereocenters. The maximum absolute atomic E-state index is 11.9. The number of carbonyl (C=O) groups excluding carboxylic acids is 1. The van der Waals surface area contributed by atoms with Gasteiger partial charge in [0.25, 0.3) is 0 Å². The van der Waals surface area contributed by atoms with Crippen molar-refractivity contribution in [3.05, 3.63) is 20.9 Å². The molecule has 0 atom stereocenters. The summed E-state index contributed by atoms with van der Waals surface area (Å²) in [7, 11) is 0. The predicted molar refractivity (Wildman–Crippen MR) is 53.8 cm³/mol. The van der Waals surface area contributed by atoms with E-state index >= 15 is 0 Å². The highest BCUT2D eigenvalue weighted by molar-refractivity contribution is 14.1. The van der Waals surface area contributed by atoms with Gasteiger partial charge in [-0.25, -0.2) is 4.98 Å². The van der Waals surface area contributed by atoms with Crippen LogP contribution >= 0.6 is 22.6 Å². The van der Waals surface area contributed by atoms with E-state index in [2.05, 4.69) is 9.72 Å². The molecule has 7 heteroatoms. The molecule has 82 valence electrons. The van der Waals surface area contributed by atoms with Crippen LogP contribution in [0.2, 0.25) is 0 Å². The fourth-order valence-corrected chi connectivity index (χ4v) is 1.63. The molecule has 0 aliphatic rings. The number of halogens is 4. The molecular formula is C8H5F3INO2. The Morgan fingerprint density at radius 1 is 1.53 bits per heavy atom. The Morgan fingerprint density at radius 2 is 2.13 bits per heavy atom. The molecule has 1 heterocycles. The van der Waals surface area contributed by atoms with Gasteiger partial charge in [0.05, 0.1) is 5.56 Å². The number of aryl methyl sites for hydroxylation is 1. The third-order valence-electron chi connectivity index (χ3n) is 1.53. The van der Waals surface area contributed by atoms with E-state index in [1.165, 1.54) is 13.0 Å². The summed E-state index contributed by atoms with van der Waals surface area (Å²) in [6, 6.07) is 1.49. The van der Waals surface area contributed by atoms with Crippen molar-refractivity contribution in [2.45, 2.75) is 13.3 Å². The molecule has 0 spiro atoms. The third kappa shape index (κ3) is 3.33. The van der Waals surface area contributed by atoms with Gasteiger partial charge in [0, 0.05) is 0 Å². The number of nitrogens with zero attached hydrogens (tertiary/aromatic N) is 1. The summed E-state index contributed by atoms with van der Waals surface area (Å²) >= 11 is 1.74. The van der Waals surface area contributed by atoms with Crippen molar-refractivity contribution in [1.82, 2.24) is 4.98 Å². The van der Waals surface area contributed by atoms with Crippen molar-refractivity contribution < 1.29 is 22.7 Å². The summed E-state index contributed by atoms with van der Waals surface area (Å²) in [5.41, 5.74) is 0.205. The Morgan fingerprint density at radius 3 is 2.60 bits per heavy atom. The summed E-state index contributed by atoms with van der Waals surface area (Å²) in [5, 5.41) is 0. The van der Waals surface area contributed by atoms with E-state index in [0.29, 0.717) is 15.6 Å². The number of rotatable bonds is 2. The molecule has 0 aliphatic heterocycles. The highest BCUT2D eigenvalue weighted by atomic mass is 127. The summed E-state index contributed by atoms with van der Waals surface area (Å²) in [6.45, 7) is 1.51. The van der Waals surface area contributed by atoms with Crippen molar-refractivity contribution in [3.63, 3.8) is 0 Å². The van der Waals surface area contributed by atoms with Crippen LogP contribution in [0.25, 0.3) is 0 Å². The molecule has 0 fully saturated rings. The van der Waals surface area contributed by atoms with Gasteiger partial charge in [-0.3, -0.25) is 4.79 Å². The average Bonchev–Trinajstić information content (AvgIpc) is 1.99. The van der Waals surface area contributed by atoms with Crippen molar-refractivity contribution in [3.8, 4) is 5.88 Å². The molecule has 0 amide bonds. The Bertz CT molecular complexity index is 392. The first-order valence-corrected chi connectivity index (χ1v) is 4.79. The van der Waals surface area contributed by atoms with Crippen LogP contribution in [0.3, 0.4) is 0 Å². The molecule has 0 radical (unpaired) electrons. The number of aldehydes is 1. The molecule has 1 aromatic rings. The van der Waals surface area contributed by atoms with Crippen LogP contribution in [-0.4, -0.2) is 17.6 Å². The third-order valence-corrected chi connectivity index (χ3v) is 2.08. The minimum atomic E-state index is -4.85. The van der Waals surface area contributed by atoms with Crippen LogP contribution in [0.1, 0.15) is 15.9 Å². The number of hydrogen-bond acceptors (Lipinski definition) is 3. The van der Waals surface area contributed by atoms with Crippen LogP contribution in [0, 0.1) is 10.6 Å². The number of carbonyl (C=O) groups is 1. The van der Waals surface area contributed by atoms with Gasteiger partial charge in [-0.1, -0.05) is 0 Å². The summed E-state index contributed by atoms with van der Waals surface area (Å²) in [6.07, 6.45) is -4.55. The Labute approximate surface area is 96.8 Å². The van der Waals surface area contributed by atoms with Crippen molar-refractivity contribution in [2.75, 3.05) is 0 Å². The molecule has 0 bridgehead atoms. The maximum Gasteiger partial charge on any atom is 0.574 e. The van der Waals surface area contributed by atoms with Crippen LogP contribution in [-0.2, 0) is 0 Å². The van der Waals surface area contributed by atoms with Gasteiger partial charge >= 0.3 is 6.36 Å². The van der Waals surface area contributed by atoms with Gasteiger partial charge in [-0.15, -0.1) is 13.2 Å². The zero-order valence-corrected chi connectivity index (χ0v) is 9.59. The summed E-state index contributed by atoms with van der Waals surface area (Å²) < 4.78 is 39.8. The van der Waals surface area contributed by atoms with E-state index in [1.54, 1.807) is 22.6 Å². The first-order valence-electron chi connectivity index (χ1n) is 3.71. The maximum atomic E-state index is 11.9. The topological polar surface area (TPSA) is 39.2 Å². The number of alkyl halides is 3. The van der Waals surface area contributed by atoms with Crippen LogP contribution in [0.4, 0.5) is 13.2 Å². The highest BCUT2D eigenvalue weighted by Crippen LogP contribution is 2.26. The quantitative estimate of drug-likeness (QED) is 0.475. The van der Waals surface area contributed by atoms with E-state index in [4.69, 9.17) is 0 Å². The first kappa shape index (κ1) is 12.2. The molecular weight excluding hydrogens is 326 g/mol. The smallest absolute Gasteiger partial charge is 0.387 e. The van der Waals surface area contributed by atoms with E-state index in [1.807, 2.05) is 0 Å². The van der Waals surface area contributed by atoms with E-state index in [9.17, 15) is 18.0 Å². The Balaban J connectivity index is 3.21. The number of hydrogen-bond donors (Lipinski definition) is 0. The van der Waals surface area contributed by atoms with Crippen molar-refractivity contribution in [2.24, 2.45) is 0 Å². The molecule has 1 rings (SSSR count). The standard InChI is InChI=1S/C8H5F3INO2/c1-4-2-6(12)13-7(5(4)3-14)15-8(9,10)11/h2-3H,1H3. The lowest BCUT2D eigenvalue weighted by Gasteiger charge is -2.11. The normalized spacial score (nSPS) is 11.3.